The Hall–Kier alpha value is -3.69. The number of hydrogen-bond acceptors (Lipinski definition) is 5. The average molecular weight is 428 g/mol. The van der Waals surface area contributed by atoms with Crippen LogP contribution in [0.15, 0.2) is 36.4 Å². The number of carboxylic acid groups (broad SMARTS) is 1. The first kappa shape index (κ1) is 19.3. The molecule has 1 saturated carbocycles. The molecule has 3 heterocycles. The van der Waals surface area contributed by atoms with E-state index in [4.69, 9.17) is 4.74 Å². The Bertz CT molecular complexity index is 1360. The van der Waals surface area contributed by atoms with Gasteiger partial charge in [0.15, 0.2) is 17.0 Å². The Kier molecular flexibility index (Phi) is 4.14. The summed E-state index contributed by atoms with van der Waals surface area (Å²) in [5.74, 6) is -0.784. The SMILES string of the molecule is COc1cccc(-c2cc(C(=O)O)n3nc4nc(C(F)(F)F)cc(C5CC5)c4c3n2)c1. The quantitative estimate of drug-likeness (QED) is 0.513. The van der Waals surface area contributed by atoms with Crippen LogP contribution in [0.3, 0.4) is 0 Å². The Morgan fingerprint density at radius 3 is 2.61 bits per heavy atom. The van der Waals surface area contributed by atoms with E-state index in [1.165, 1.54) is 13.2 Å². The van der Waals surface area contributed by atoms with E-state index < -0.39 is 17.8 Å². The van der Waals surface area contributed by atoms with Crippen molar-refractivity contribution >= 4 is 22.6 Å². The summed E-state index contributed by atoms with van der Waals surface area (Å²) < 4.78 is 46.4. The van der Waals surface area contributed by atoms with Crippen LogP contribution in [0.4, 0.5) is 13.2 Å². The van der Waals surface area contributed by atoms with Crippen LogP contribution in [0, 0.1) is 0 Å². The number of fused-ring (bicyclic) bond motifs is 3. The molecule has 0 unspecified atom stereocenters. The Labute approximate surface area is 173 Å². The zero-order chi connectivity index (χ0) is 21.9. The van der Waals surface area contributed by atoms with Crippen molar-refractivity contribution in [3.05, 3.63) is 53.3 Å². The molecule has 3 aromatic heterocycles. The van der Waals surface area contributed by atoms with Crippen molar-refractivity contribution in [3.8, 4) is 17.0 Å². The highest BCUT2D eigenvalue weighted by molar-refractivity contribution is 5.97. The summed E-state index contributed by atoms with van der Waals surface area (Å²) in [6, 6.07) is 9.28. The van der Waals surface area contributed by atoms with Crippen LogP contribution in [-0.4, -0.2) is 37.8 Å². The van der Waals surface area contributed by atoms with Gasteiger partial charge in [-0.3, -0.25) is 0 Å². The van der Waals surface area contributed by atoms with Crippen molar-refractivity contribution in [2.24, 2.45) is 0 Å². The lowest BCUT2D eigenvalue weighted by molar-refractivity contribution is -0.141. The zero-order valence-corrected chi connectivity index (χ0v) is 16.1. The van der Waals surface area contributed by atoms with Crippen molar-refractivity contribution < 1.29 is 27.8 Å². The van der Waals surface area contributed by atoms with Crippen molar-refractivity contribution in [3.63, 3.8) is 0 Å². The predicted octanol–water partition coefficient (Wildman–Crippen LogP) is 4.55. The minimum atomic E-state index is -4.64. The molecule has 31 heavy (non-hydrogen) atoms. The summed E-state index contributed by atoms with van der Waals surface area (Å²) in [6.07, 6.45) is -3.15. The number of carbonyl (C=O) groups is 1. The van der Waals surface area contributed by atoms with Gasteiger partial charge in [0.2, 0.25) is 0 Å². The van der Waals surface area contributed by atoms with Crippen LogP contribution < -0.4 is 4.74 Å². The van der Waals surface area contributed by atoms with Crippen molar-refractivity contribution in [2.45, 2.75) is 24.9 Å². The lowest BCUT2D eigenvalue weighted by Crippen LogP contribution is -2.09. The highest BCUT2D eigenvalue weighted by atomic mass is 19.4. The fraction of sp³-hybridized carbons (Fsp3) is 0.238. The fourth-order valence-electron chi connectivity index (χ4n) is 3.65. The predicted molar refractivity (Wildman–Crippen MR) is 104 cm³/mol. The molecule has 1 aliphatic carbocycles. The van der Waals surface area contributed by atoms with Gasteiger partial charge in [-0.1, -0.05) is 12.1 Å². The minimum Gasteiger partial charge on any atom is -0.497 e. The molecule has 158 valence electrons. The van der Waals surface area contributed by atoms with Crippen LogP contribution in [0.5, 0.6) is 5.75 Å². The summed E-state index contributed by atoms with van der Waals surface area (Å²) in [5.41, 5.74) is 0.106. The summed E-state index contributed by atoms with van der Waals surface area (Å²) >= 11 is 0. The third-order valence-corrected chi connectivity index (χ3v) is 5.27. The Morgan fingerprint density at radius 2 is 1.97 bits per heavy atom. The summed E-state index contributed by atoms with van der Waals surface area (Å²) in [5, 5.41) is 14.2. The van der Waals surface area contributed by atoms with Gasteiger partial charge in [-0.2, -0.15) is 13.2 Å². The Balaban J connectivity index is 1.85. The summed E-state index contributed by atoms with van der Waals surface area (Å²) in [6.45, 7) is 0. The molecule has 1 aliphatic rings. The third kappa shape index (κ3) is 3.24. The standard InChI is InChI=1S/C21H15F3N4O3/c1-31-12-4-2-3-11(7-12)14-9-15(20(29)30)28-19(25-14)17-13(10-5-6-10)8-16(21(22,23)24)26-18(17)27-28/h2-4,7-10H,5-6H2,1H3,(H,29,30). The molecule has 0 bridgehead atoms. The monoisotopic (exact) mass is 428 g/mol. The minimum absolute atomic E-state index is 0.0600. The normalized spacial score (nSPS) is 14.3. The molecular weight excluding hydrogens is 413 g/mol. The van der Waals surface area contributed by atoms with E-state index in [2.05, 4.69) is 15.1 Å². The number of benzene rings is 1. The molecule has 0 atom stereocenters. The maximum absolute atomic E-state index is 13.4. The summed E-state index contributed by atoms with van der Waals surface area (Å²) in [7, 11) is 1.51. The number of carboxylic acids is 1. The number of ether oxygens (including phenoxy) is 1. The lowest BCUT2D eigenvalue weighted by Gasteiger charge is -2.09. The molecule has 0 radical (unpaired) electrons. The smallest absolute Gasteiger partial charge is 0.433 e. The van der Waals surface area contributed by atoms with E-state index >= 15 is 0 Å². The largest absolute Gasteiger partial charge is 0.497 e. The second kappa shape index (κ2) is 6.66. The zero-order valence-electron chi connectivity index (χ0n) is 16.1. The first-order chi connectivity index (χ1) is 14.8. The first-order valence-corrected chi connectivity index (χ1v) is 9.45. The number of pyridine rings is 1. The number of hydrogen-bond donors (Lipinski definition) is 1. The number of rotatable bonds is 4. The molecule has 7 nitrogen and oxygen atoms in total. The average Bonchev–Trinajstić information content (AvgIpc) is 3.51. The van der Waals surface area contributed by atoms with Crippen LogP contribution in [0.2, 0.25) is 0 Å². The van der Waals surface area contributed by atoms with Gasteiger partial charge in [0.25, 0.3) is 0 Å². The molecule has 0 amide bonds. The Morgan fingerprint density at radius 1 is 1.19 bits per heavy atom. The molecule has 1 fully saturated rings. The van der Waals surface area contributed by atoms with E-state index in [0.717, 1.165) is 23.4 Å². The van der Waals surface area contributed by atoms with Crippen LogP contribution >= 0.6 is 0 Å². The molecular formula is C21H15F3N4O3. The van der Waals surface area contributed by atoms with E-state index in [1.807, 2.05) is 0 Å². The van der Waals surface area contributed by atoms with Crippen molar-refractivity contribution in [1.82, 2.24) is 19.6 Å². The molecule has 1 aromatic carbocycles. The van der Waals surface area contributed by atoms with E-state index in [9.17, 15) is 23.1 Å². The van der Waals surface area contributed by atoms with Gasteiger partial charge in [-0.05, 0) is 48.6 Å². The lowest BCUT2D eigenvalue weighted by atomic mass is 10.1. The van der Waals surface area contributed by atoms with Crippen LogP contribution in [0.1, 0.15) is 40.5 Å². The van der Waals surface area contributed by atoms with Gasteiger partial charge in [-0.25, -0.2) is 19.3 Å². The number of alkyl halides is 3. The molecule has 0 saturated heterocycles. The number of nitrogens with zero attached hydrogens (tertiary/aromatic N) is 4. The van der Waals surface area contributed by atoms with Gasteiger partial charge in [-0.15, -0.1) is 5.10 Å². The van der Waals surface area contributed by atoms with Gasteiger partial charge < -0.3 is 9.84 Å². The number of methoxy groups -OCH3 is 1. The highest BCUT2D eigenvalue weighted by Crippen LogP contribution is 2.45. The first-order valence-electron chi connectivity index (χ1n) is 9.45. The molecule has 1 N–H and O–H groups in total. The van der Waals surface area contributed by atoms with Gasteiger partial charge in [0.05, 0.1) is 18.2 Å². The van der Waals surface area contributed by atoms with Gasteiger partial charge in [0, 0.05) is 5.56 Å². The number of halogens is 3. The van der Waals surface area contributed by atoms with Crippen molar-refractivity contribution in [1.29, 1.82) is 0 Å². The van der Waals surface area contributed by atoms with Crippen LogP contribution in [0.25, 0.3) is 27.9 Å². The summed E-state index contributed by atoms with van der Waals surface area (Å²) in [4.78, 5) is 20.2. The van der Waals surface area contributed by atoms with Gasteiger partial charge >= 0.3 is 12.1 Å². The van der Waals surface area contributed by atoms with E-state index in [1.54, 1.807) is 24.3 Å². The fourth-order valence-corrected chi connectivity index (χ4v) is 3.65. The molecule has 0 aliphatic heterocycles. The molecule has 5 rings (SSSR count). The highest BCUT2D eigenvalue weighted by Gasteiger charge is 2.37. The molecule has 10 heteroatoms. The van der Waals surface area contributed by atoms with E-state index in [-0.39, 0.29) is 22.9 Å². The maximum atomic E-state index is 13.4. The third-order valence-electron chi connectivity index (χ3n) is 5.27. The molecule has 0 spiro atoms. The molecule has 4 aromatic rings. The second-order valence-corrected chi connectivity index (χ2v) is 7.37. The number of aromatic nitrogens is 4. The van der Waals surface area contributed by atoms with Gasteiger partial charge in [0.1, 0.15) is 11.4 Å². The second-order valence-electron chi connectivity index (χ2n) is 7.37. The maximum Gasteiger partial charge on any atom is 0.433 e. The van der Waals surface area contributed by atoms with Crippen molar-refractivity contribution in [2.75, 3.05) is 7.11 Å². The number of aromatic carboxylic acids is 1. The van der Waals surface area contributed by atoms with E-state index in [0.29, 0.717) is 28.0 Å². The van der Waals surface area contributed by atoms with Crippen LogP contribution in [-0.2, 0) is 6.18 Å². The topological polar surface area (TPSA) is 89.6 Å².